The second kappa shape index (κ2) is 6.44. The first-order valence-corrected chi connectivity index (χ1v) is 6.97. The minimum atomic E-state index is -4.59. The zero-order valence-electron chi connectivity index (χ0n) is 12.5. The highest BCUT2D eigenvalue weighted by Crippen LogP contribution is 2.36. The van der Waals surface area contributed by atoms with Gasteiger partial charge >= 0.3 is 12.3 Å². The van der Waals surface area contributed by atoms with Crippen LogP contribution in [0.5, 0.6) is 0 Å². The summed E-state index contributed by atoms with van der Waals surface area (Å²) in [6.45, 7) is 4.43. The molecule has 0 radical (unpaired) electrons. The van der Waals surface area contributed by atoms with Gasteiger partial charge in [-0.3, -0.25) is 4.79 Å². The SMILES string of the molecule is C=C(C)C(CC(=O)N1C(=O)OC[C@@H]1c1ccccc1)C(F)(F)F. The largest absolute Gasteiger partial charge is 0.446 e. The van der Waals surface area contributed by atoms with Crippen LogP contribution in [0.15, 0.2) is 42.5 Å². The van der Waals surface area contributed by atoms with Crippen LogP contribution in [0.2, 0.25) is 0 Å². The Morgan fingerprint density at radius 1 is 1.39 bits per heavy atom. The summed E-state index contributed by atoms with van der Waals surface area (Å²) in [4.78, 5) is 24.8. The predicted molar refractivity (Wildman–Crippen MR) is 76.4 cm³/mol. The van der Waals surface area contributed by atoms with Gasteiger partial charge in [-0.1, -0.05) is 42.5 Å². The van der Waals surface area contributed by atoms with Gasteiger partial charge in [-0.15, -0.1) is 0 Å². The number of carbonyl (C=O) groups is 2. The third-order valence-electron chi connectivity index (χ3n) is 3.69. The monoisotopic (exact) mass is 327 g/mol. The van der Waals surface area contributed by atoms with Crippen LogP contribution in [0.3, 0.4) is 0 Å². The van der Waals surface area contributed by atoms with Gasteiger partial charge < -0.3 is 4.74 Å². The van der Waals surface area contributed by atoms with Crippen molar-refractivity contribution in [3.63, 3.8) is 0 Å². The molecule has 2 amide bonds. The Morgan fingerprint density at radius 2 is 2.00 bits per heavy atom. The third kappa shape index (κ3) is 3.72. The van der Waals surface area contributed by atoms with Crippen LogP contribution in [0, 0.1) is 5.92 Å². The fourth-order valence-corrected chi connectivity index (χ4v) is 2.46. The number of imide groups is 1. The molecule has 1 aromatic rings. The van der Waals surface area contributed by atoms with E-state index in [9.17, 15) is 22.8 Å². The second-order valence-corrected chi connectivity index (χ2v) is 5.41. The molecule has 23 heavy (non-hydrogen) atoms. The molecule has 1 aromatic carbocycles. The van der Waals surface area contributed by atoms with Gasteiger partial charge in [0.1, 0.15) is 12.6 Å². The average Bonchev–Trinajstić information content (AvgIpc) is 2.85. The van der Waals surface area contributed by atoms with Crippen molar-refractivity contribution in [1.82, 2.24) is 4.90 Å². The number of ether oxygens (including phenoxy) is 1. The van der Waals surface area contributed by atoms with Crippen molar-refractivity contribution in [3.8, 4) is 0 Å². The van der Waals surface area contributed by atoms with Crippen molar-refractivity contribution in [2.75, 3.05) is 6.61 Å². The summed E-state index contributed by atoms with van der Waals surface area (Å²) in [6, 6.07) is 7.85. The number of halogens is 3. The summed E-state index contributed by atoms with van der Waals surface area (Å²) < 4.78 is 43.8. The molecule has 2 rings (SSSR count). The summed E-state index contributed by atoms with van der Waals surface area (Å²) >= 11 is 0. The fourth-order valence-electron chi connectivity index (χ4n) is 2.46. The van der Waals surface area contributed by atoms with Crippen molar-refractivity contribution in [1.29, 1.82) is 0 Å². The number of carbonyl (C=O) groups excluding carboxylic acids is 2. The Bertz CT molecular complexity index is 613. The Hall–Kier alpha value is -2.31. The van der Waals surface area contributed by atoms with Crippen molar-refractivity contribution in [2.45, 2.75) is 25.6 Å². The van der Waals surface area contributed by atoms with E-state index < -0.39 is 36.6 Å². The van der Waals surface area contributed by atoms with Gasteiger partial charge in [0.05, 0.1) is 5.92 Å². The van der Waals surface area contributed by atoms with Crippen molar-refractivity contribution in [2.24, 2.45) is 5.92 Å². The molecule has 1 saturated heterocycles. The van der Waals surface area contributed by atoms with Crippen LogP contribution in [0.1, 0.15) is 24.9 Å². The molecular formula is C16H16F3NO3. The maximum absolute atomic E-state index is 13.0. The molecule has 0 aliphatic carbocycles. The van der Waals surface area contributed by atoms with Gasteiger partial charge in [0.15, 0.2) is 0 Å². The molecule has 1 heterocycles. The molecule has 0 N–H and O–H groups in total. The van der Waals surface area contributed by atoms with Gasteiger partial charge in [0, 0.05) is 6.42 Å². The summed E-state index contributed by atoms with van der Waals surface area (Å²) in [6.07, 6.45) is -6.38. The van der Waals surface area contributed by atoms with E-state index >= 15 is 0 Å². The molecule has 4 nitrogen and oxygen atoms in total. The predicted octanol–water partition coefficient (Wildman–Crippen LogP) is 3.85. The lowest BCUT2D eigenvalue weighted by Crippen LogP contribution is -2.38. The Balaban J connectivity index is 2.22. The van der Waals surface area contributed by atoms with Gasteiger partial charge in [0.2, 0.25) is 5.91 Å². The molecule has 1 aliphatic rings. The number of cyclic esters (lactones) is 1. The highest BCUT2D eigenvalue weighted by molar-refractivity contribution is 5.94. The highest BCUT2D eigenvalue weighted by atomic mass is 19.4. The molecule has 7 heteroatoms. The maximum atomic E-state index is 13.0. The number of hydrogen-bond acceptors (Lipinski definition) is 3. The summed E-state index contributed by atoms with van der Waals surface area (Å²) in [5.74, 6) is -2.91. The first kappa shape index (κ1) is 17.1. The van der Waals surface area contributed by atoms with E-state index in [1.54, 1.807) is 30.3 Å². The van der Waals surface area contributed by atoms with E-state index in [4.69, 9.17) is 4.74 Å². The van der Waals surface area contributed by atoms with E-state index in [0.717, 1.165) is 4.90 Å². The molecule has 1 aliphatic heterocycles. The summed E-state index contributed by atoms with van der Waals surface area (Å²) in [7, 11) is 0. The standard InChI is InChI=1S/C16H16F3NO3/c1-10(2)12(16(17,18)19)8-14(21)20-13(9-23-15(20)22)11-6-4-3-5-7-11/h3-7,12-13H,1,8-9H2,2H3/t12?,13-/m1/s1. The molecule has 0 bridgehead atoms. The van der Waals surface area contributed by atoms with E-state index in [1.807, 2.05) is 0 Å². The summed E-state index contributed by atoms with van der Waals surface area (Å²) in [5, 5.41) is 0. The van der Waals surface area contributed by atoms with Crippen LogP contribution < -0.4 is 0 Å². The average molecular weight is 327 g/mol. The lowest BCUT2D eigenvalue weighted by atomic mass is 9.96. The van der Waals surface area contributed by atoms with E-state index in [2.05, 4.69) is 6.58 Å². The van der Waals surface area contributed by atoms with Crippen LogP contribution in [-0.2, 0) is 9.53 Å². The number of nitrogens with zero attached hydrogens (tertiary/aromatic N) is 1. The number of rotatable bonds is 4. The van der Waals surface area contributed by atoms with Gasteiger partial charge in [-0.2, -0.15) is 13.2 Å². The zero-order valence-corrected chi connectivity index (χ0v) is 12.5. The lowest BCUT2D eigenvalue weighted by molar-refractivity contribution is -0.171. The molecule has 0 spiro atoms. The van der Waals surface area contributed by atoms with Crippen LogP contribution in [0.25, 0.3) is 0 Å². The molecular weight excluding hydrogens is 311 g/mol. The van der Waals surface area contributed by atoms with E-state index in [1.165, 1.54) is 6.92 Å². The second-order valence-electron chi connectivity index (χ2n) is 5.41. The van der Waals surface area contributed by atoms with Crippen LogP contribution in [0.4, 0.5) is 18.0 Å². The fraction of sp³-hybridized carbons (Fsp3) is 0.375. The highest BCUT2D eigenvalue weighted by Gasteiger charge is 2.45. The molecule has 0 aromatic heterocycles. The normalized spacial score (nSPS) is 19.4. The molecule has 2 atom stereocenters. The smallest absolute Gasteiger partial charge is 0.417 e. The number of allylic oxidation sites excluding steroid dienone is 1. The number of benzene rings is 1. The Morgan fingerprint density at radius 3 is 2.52 bits per heavy atom. The quantitative estimate of drug-likeness (QED) is 0.789. The summed E-state index contributed by atoms with van der Waals surface area (Å²) in [5.41, 5.74) is 0.459. The van der Waals surface area contributed by atoms with Crippen LogP contribution >= 0.6 is 0 Å². The van der Waals surface area contributed by atoms with Gasteiger partial charge in [-0.25, -0.2) is 9.69 Å². The van der Waals surface area contributed by atoms with Crippen LogP contribution in [-0.4, -0.2) is 29.7 Å². The van der Waals surface area contributed by atoms with Crippen molar-refractivity contribution < 1.29 is 27.5 Å². The van der Waals surface area contributed by atoms with Gasteiger partial charge in [0.25, 0.3) is 0 Å². The zero-order chi connectivity index (χ0) is 17.2. The van der Waals surface area contributed by atoms with Crippen molar-refractivity contribution >= 4 is 12.0 Å². The third-order valence-corrected chi connectivity index (χ3v) is 3.69. The minimum absolute atomic E-state index is 0.0711. The van der Waals surface area contributed by atoms with E-state index in [-0.39, 0.29) is 12.2 Å². The Kier molecular flexibility index (Phi) is 4.77. The molecule has 0 saturated carbocycles. The lowest BCUT2D eigenvalue weighted by Gasteiger charge is -2.24. The van der Waals surface area contributed by atoms with Crippen molar-refractivity contribution in [3.05, 3.63) is 48.0 Å². The first-order valence-electron chi connectivity index (χ1n) is 6.97. The first-order chi connectivity index (χ1) is 10.7. The number of amides is 2. The maximum Gasteiger partial charge on any atom is 0.417 e. The topological polar surface area (TPSA) is 46.6 Å². The molecule has 124 valence electrons. The number of alkyl halides is 3. The van der Waals surface area contributed by atoms with E-state index in [0.29, 0.717) is 5.56 Å². The number of hydrogen-bond donors (Lipinski definition) is 0. The minimum Gasteiger partial charge on any atom is -0.446 e. The Labute approximate surface area is 131 Å². The van der Waals surface area contributed by atoms with Gasteiger partial charge in [-0.05, 0) is 12.5 Å². The molecule has 1 unspecified atom stereocenters. The molecule has 1 fully saturated rings.